The smallest absolute Gasteiger partial charge is 0.358 e. The number of likely N-dealkylation sites (tertiary alicyclic amines) is 1. The summed E-state index contributed by atoms with van der Waals surface area (Å²) in [7, 11) is 0. The minimum atomic E-state index is -1.02. The normalized spacial score (nSPS) is 27.5. The molecular weight excluding hydrogens is 272 g/mol. The summed E-state index contributed by atoms with van der Waals surface area (Å²) in [5, 5.41) is 16.5. The second-order valence-corrected chi connectivity index (χ2v) is 5.96. The third-order valence-corrected chi connectivity index (χ3v) is 4.46. The van der Waals surface area contributed by atoms with E-state index < -0.39 is 5.97 Å². The fourth-order valence-electron chi connectivity index (χ4n) is 3.22. The molecule has 2 fully saturated rings. The summed E-state index contributed by atoms with van der Waals surface area (Å²) in [5.74, 6) is -1.02. The van der Waals surface area contributed by atoms with Crippen LogP contribution in [0.5, 0.6) is 0 Å². The van der Waals surface area contributed by atoms with E-state index in [0.717, 1.165) is 45.4 Å². The first-order valence-electron chi connectivity index (χ1n) is 7.68. The van der Waals surface area contributed by atoms with Crippen LogP contribution in [0, 0.1) is 0 Å². The molecule has 7 heteroatoms. The number of hydrogen-bond acceptors (Lipinski definition) is 5. The van der Waals surface area contributed by atoms with Gasteiger partial charge in [-0.3, -0.25) is 4.90 Å². The number of carbonyl (C=O) groups is 1. The summed E-state index contributed by atoms with van der Waals surface area (Å²) in [4.78, 5) is 13.3. The Bertz CT molecular complexity index is 496. The van der Waals surface area contributed by atoms with Gasteiger partial charge in [0.05, 0.1) is 18.3 Å². The maximum atomic E-state index is 10.8. The predicted octanol–water partition coefficient (Wildman–Crippen LogP) is 1.18. The van der Waals surface area contributed by atoms with Crippen molar-refractivity contribution < 1.29 is 14.6 Å². The Hall–Kier alpha value is -1.47. The van der Waals surface area contributed by atoms with Crippen LogP contribution in [0.25, 0.3) is 0 Å². The molecule has 0 spiro atoms. The average Bonchev–Trinajstić information content (AvgIpc) is 2.87. The number of nitrogens with zero attached hydrogens (tertiary/aromatic N) is 4. The van der Waals surface area contributed by atoms with E-state index in [1.54, 1.807) is 4.68 Å². The van der Waals surface area contributed by atoms with Crippen molar-refractivity contribution >= 4 is 5.97 Å². The molecule has 116 valence electrons. The highest BCUT2D eigenvalue weighted by atomic mass is 16.5. The van der Waals surface area contributed by atoms with Gasteiger partial charge in [-0.05, 0) is 19.3 Å². The molecule has 0 bridgehead atoms. The van der Waals surface area contributed by atoms with Crippen molar-refractivity contribution in [3.63, 3.8) is 0 Å². The Kier molecular flexibility index (Phi) is 4.21. The van der Waals surface area contributed by atoms with Crippen molar-refractivity contribution in [2.24, 2.45) is 0 Å². The lowest BCUT2D eigenvalue weighted by Crippen LogP contribution is -2.55. The maximum Gasteiger partial charge on any atom is 0.358 e. The largest absolute Gasteiger partial charge is 0.476 e. The highest BCUT2D eigenvalue weighted by Gasteiger charge is 2.36. The molecule has 3 rings (SSSR count). The summed E-state index contributed by atoms with van der Waals surface area (Å²) < 4.78 is 7.47. The second kappa shape index (κ2) is 6.11. The van der Waals surface area contributed by atoms with Gasteiger partial charge in [0.15, 0.2) is 5.69 Å². The summed E-state index contributed by atoms with van der Waals surface area (Å²) in [6.45, 7) is 4.89. The number of carboxylic acids is 1. The summed E-state index contributed by atoms with van der Waals surface area (Å²) in [5.41, 5.74) is 0.0162. The van der Waals surface area contributed by atoms with Crippen LogP contribution >= 0.6 is 0 Å². The Morgan fingerprint density at radius 2 is 2.29 bits per heavy atom. The predicted molar refractivity (Wildman–Crippen MR) is 75.3 cm³/mol. The fourth-order valence-corrected chi connectivity index (χ4v) is 3.22. The molecule has 2 aliphatic heterocycles. The van der Waals surface area contributed by atoms with Gasteiger partial charge in [0.2, 0.25) is 0 Å². The molecule has 2 saturated heterocycles. The quantitative estimate of drug-likeness (QED) is 0.878. The lowest BCUT2D eigenvalue weighted by molar-refractivity contribution is -0.0570. The fraction of sp³-hybridized carbons (Fsp3) is 0.786. The Morgan fingerprint density at radius 3 is 2.95 bits per heavy atom. The van der Waals surface area contributed by atoms with Crippen molar-refractivity contribution in [2.45, 2.75) is 50.8 Å². The monoisotopic (exact) mass is 294 g/mol. The number of hydrogen-bond donors (Lipinski definition) is 1. The third kappa shape index (κ3) is 3.08. The van der Waals surface area contributed by atoms with E-state index in [0.29, 0.717) is 12.1 Å². The highest BCUT2D eigenvalue weighted by Crippen LogP contribution is 2.29. The first kappa shape index (κ1) is 14.5. The molecule has 1 N–H and O–H groups in total. The van der Waals surface area contributed by atoms with E-state index in [1.165, 1.54) is 6.20 Å². The lowest BCUT2D eigenvalue weighted by atomic mass is 9.95. The zero-order valence-electron chi connectivity index (χ0n) is 12.3. The Balaban J connectivity index is 1.51. The molecule has 2 atom stereocenters. The van der Waals surface area contributed by atoms with E-state index in [9.17, 15) is 4.79 Å². The van der Waals surface area contributed by atoms with Gasteiger partial charge in [-0.1, -0.05) is 18.6 Å². The summed E-state index contributed by atoms with van der Waals surface area (Å²) in [6.07, 6.45) is 6.42. The molecular formula is C14H22N4O3. The molecule has 2 unspecified atom stereocenters. The highest BCUT2D eigenvalue weighted by molar-refractivity contribution is 5.84. The summed E-state index contributed by atoms with van der Waals surface area (Å²) in [6, 6.07) is 0.840. The third-order valence-electron chi connectivity index (χ3n) is 4.46. The van der Waals surface area contributed by atoms with Gasteiger partial charge in [0.1, 0.15) is 0 Å². The van der Waals surface area contributed by atoms with Gasteiger partial charge in [0.25, 0.3) is 0 Å². The SMILES string of the molecule is CCCC1CC(N2CC(n3cc(C(=O)O)nn3)C2)CCO1. The van der Waals surface area contributed by atoms with E-state index >= 15 is 0 Å². The molecule has 2 aliphatic rings. The van der Waals surface area contributed by atoms with Crippen molar-refractivity contribution in [1.29, 1.82) is 0 Å². The van der Waals surface area contributed by atoms with Crippen LogP contribution in [-0.2, 0) is 4.74 Å². The van der Waals surface area contributed by atoms with Crippen molar-refractivity contribution in [1.82, 2.24) is 19.9 Å². The van der Waals surface area contributed by atoms with E-state index in [-0.39, 0.29) is 11.7 Å². The van der Waals surface area contributed by atoms with Crippen LogP contribution in [0.4, 0.5) is 0 Å². The van der Waals surface area contributed by atoms with Crippen molar-refractivity contribution in [2.75, 3.05) is 19.7 Å². The maximum absolute atomic E-state index is 10.8. The van der Waals surface area contributed by atoms with E-state index in [2.05, 4.69) is 22.1 Å². The molecule has 3 heterocycles. The van der Waals surface area contributed by atoms with Crippen molar-refractivity contribution in [3.8, 4) is 0 Å². The Morgan fingerprint density at radius 1 is 1.48 bits per heavy atom. The molecule has 21 heavy (non-hydrogen) atoms. The molecule has 0 radical (unpaired) electrons. The van der Waals surface area contributed by atoms with Crippen LogP contribution in [-0.4, -0.2) is 62.8 Å². The minimum Gasteiger partial charge on any atom is -0.476 e. The van der Waals surface area contributed by atoms with Crippen LogP contribution in [0.3, 0.4) is 0 Å². The Labute approximate surface area is 123 Å². The van der Waals surface area contributed by atoms with Gasteiger partial charge in [-0.2, -0.15) is 0 Å². The first-order chi connectivity index (χ1) is 10.2. The van der Waals surface area contributed by atoms with Gasteiger partial charge in [0, 0.05) is 25.7 Å². The van der Waals surface area contributed by atoms with Crippen LogP contribution in [0.15, 0.2) is 6.20 Å². The molecule has 0 aliphatic carbocycles. The topological polar surface area (TPSA) is 80.5 Å². The number of carboxylic acid groups (broad SMARTS) is 1. The number of aromatic nitrogens is 3. The number of rotatable bonds is 5. The average molecular weight is 294 g/mol. The minimum absolute atomic E-state index is 0.0162. The standard InChI is InChI=1S/C14H22N4O3/c1-2-3-12-6-10(4-5-21-12)17-7-11(8-17)18-9-13(14(19)20)15-16-18/h9-12H,2-8H2,1H3,(H,19,20). The van der Waals surface area contributed by atoms with Gasteiger partial charge in [-0.15, -0.1) is 5.10 Å². The van der Waals surface area contributed by atoms with E-state index in [1.807, 2.05) is 0 Å². The number of aromatic carboxylic acids is 1. The molecule has 7 nitrogen and oxygen atoms in total. The molecule has 0 aromatic carbocycles. The second-order valence-electron chi connectivity index (χ2n) is 5.96. The van der Waals surface area contributed by atoms with E-state index in [4.69, 9.17) is 9.84 Å². The molecule has 1 aromatic rings. The van der Waals surface area contributed by atoms with Gasteiger partial charge < -0.3 is 9.84 Å². The van der Waals surface area contributed by atoms with Crippen molar-refractivity contribution in [3.05, 3.63) is 11.9 Å². The zero-order chi connectivity index (χ0) is 14.8. The van der Waals surface area contributed by atoms with Crippen LogP contribution in [0.2, 0.25) is 0 Å². The van der Waals surface area contributed by atoms with Gasteiger partial charge >= 0.3 is 5.97 Å². The lowest BCUT2D eigenvalue weighted by Gasteiger charge is -2.46. The van der Waals surface area contributed by atoms with Crippen LogP contribution in [0.1, 0.15) is 49.1 Å². The molecule has 0 saturated carbocycles. The molecule has 1 aromatic heterocycles. The summed E-state index contributed by atoms with van der Waals surface area (Å²) >= 11 is 0. The van der Waals surface area contributed by atoms with Crippen LogP contribution < -0.4 is 0 Å². The zero-order valence-corrected chi connectivity index (χ0v) is 12.3. The first-order valence-corrected chi connectivity index (χ1v) is 7.68. The molecule has 0 amide bonds. The van der Waals surface area contributed by atoms with Gasteiger partial charge in [-0.25, -0.2) is 9.48 Å². The number of ether oxygens (including phenoxy) is 1.